The monoisotopic (exact) mass is 316 g/mol. The maximum absolute atomic E-state index is 9.71. The molecule has 2 aromatic carbocycles. The van der Waals surface area contributed by atoms with Gasteiger partial charge >= 0.3 is 0 Å². The van der Waals surface area contributed by atoms with Crippen LogP contribution in [-0.4, -0.2) is 11.7 Å². The molecule has 1 saturated carbocycles. The topological polar surface area (TPSA) is 20.2 Å². The van der Waals surface area contributed by atoms with Crippen LogP contribution in [0, 0.1) is 5.92 Å². The van der Waals surface area contributed by atoms with E-state index in [4.69, 9.17) is 0 Å². The molecular weight excluding hydrogens is 300 g/mol. The van der Waals surface area contributed by atoms with Gasteiger partial charge in [0, 0.05) is 10.4 Å². The fraction of sp³-hybridized carbons (Fsp3) is 0.294. The molecule has 1 N–H and O–H groups in total. The molecule has 0 aromatic heterocycles. The van der Waals surface area contributed by atoms with E-state index in [1.54, 1.807) is 0 Å². The van der Waals surface area contributed by atoms with Gasteiger partial charge in [0.25, 0.3) is 0 Å². The number of hydrogen-bond acceptors (Lipinski definition) is 1. The Morgan fingerprint density at radius 1 is 1.05 bits per heavy atom. The second-order valence-electron chi connectivity index (χ2n) is 5.26. The number of halogens is 1. The highest BCUT2D eigenvalue weighted by molar-refractivity contribution is 9.10. The molecule has 19 heavy (non-hydrogen) atoms. The predicted octanol–water partition coefficient (Wildman–Crippen LogP) is 4.33. The van der Waals surface area contributed by atoms with Crippen LogP contribution in [0.2, 0.25) is 0 Å². The highest BCUT2D eigenvalue weighted by Gasteiger charge is 2.43. The molecule has 0 saturated heterocycles. The van der Waals surface area contributed by atoms with Crippen LogP contribution in [0.5, 0.6) is 0 Å². The van der Waals surface area contributed by atoms with Crippen LogP contribution in [0.25, 0.3) is 0 Å². The highest BCUT2D eigenvalue weighted by Crippen LogP contribution is 2.54. The summed E-state index contributed by atoms with van der Waals surface area (Å²) in [5, 5.41) is 9.71. The minimum atomic E-state index is 0.232. The van der Waals surface area contributed by atoms with E-state index in [2.05, 4.69) is 70.5 Å². The molecule has 0 aliphatic heterocycles. The van der Waals surface area contributed by atoms with E-state index < -0.39 is 0 Å². The summed E-state index contributed by atoms with van der Waals surface area (Å²) in [5.74, 6) is 1.45. The van der Waals surface area contributed by atoms with Gasteiger partial charge in [-0.3, -0.25) is 0 Å². The molecule has 1 aliphatic rings. The van der Waals surface area contributed by atoms with Crippen molar-refractivity contribution in [2.75, 3.05) is 6.61 Å². The fourth-order valence-corrected chi connectivity index (χ4v) is 3.21. The Morgan fingerprint density at radius 3 is 2.37 bits per heavy atom. The Kier molecular flexibility index (Phi) is 3.72. The van der Waals surface area contributed by atoms with Crippen LogP contribution < -0.4 is 0 Å². The third kappa shape index (κ3) is 2.75. The van der Waals surface area contributed by atoms with Gasteiger partial charge in [0.2, 0.25) is 0 Å². The molecule has 0 spiro atoms. The van der Waals surface area contributed by atoms with Crippen LogP contribution >= 0.6 is 15.9 Å². The Balaban J connectivity index is 1.77. The summed E-state index contributed by atoms with van der Waals surface area (Å²) in [6.45, 7) is 0.232. The third-order valence-corrected chi connectivity index (χ3v) is 4.61. The van der Waals surface area contributed by atoms with E-state index in [0.29, 0.717) is 11.8 Å². The van der Waals surface area contributed by atoms with Crippen molar-refractivity contribution < 1.29 is 5.11 Å². The lowest BCUT2D eigenvalue weighted by atomic mass is 9.92. The van der Waals surface area contributed by atoms with Crippen molar-refractivity contribution >= 4 is 15.9 Å². The first-order chi connectivity index (χ1) is 9.29. The molecule has 3 atom stereocenters. The summed E-state index contributed by atoms with van der Waals surface area (Å²) in [4.78, 5) is 0. The maximum atomic E-state index is 9.71. The molecule has 0 amide bonds. The number of rotatable bonds is 4. The minimum Gasteiger partial charge on any atom is -0.396 e. The van der Waals surface area contributed by atoms with Crippen molar-refractivity contribution in [3.05, 3.63) is 70.2 Å². The quantitative estimate of drug-likeness (QED) is 0.890. The Hall–Kier alpha value is -1.12. The molecule has 1 fully saturated rings. The normalized spacial score (nSPS) is 23.1. The molecule has 2 aromatic rings. The Labute approximate surface area is 122 Å². The van der Waals surface area contributed by atoms with Gasteiger partial charge in [-0.2, -0.15) is 0 Å². The molecule has 1 aliphatic carbocycles. The van der Waals surface area contributed by atoms with Gasteiger partial charge in [0.05, 0.1) is 6.61 Å². The molecule has 0 bridgehead atoms. The minimum absolute atomic E-state index is 0.232. The van der Waals surface area contributed by atoms with Gasteiger partial charge in [-0.15, -0.1) is 0 Å². The van der Waals surface area contributed by atoms with E-state index in [-0.39, 0.29) is 12.5 Å². The second-order valence-corrected chi connectivity index (χ2v) is 6.17. The average Bonchev–Trinajstić information content (AvgIpc) is 3.23. The van der Waals surface area contributed by atoms with Crippen molar-refractivity contribution in [3.8, 4) is 0 Å². The summed E-state index contributed by atoms with van der Waals surface area (Å²) < 4.78 is 1.09. The van der Waals surface area contributed by atoms with Gasteiger partial charge in [0.15, 0.2) is 0 Å². The summed E-state index contributed by atoms with van der Waals surface area (Å²) >= 11 is 3.46. The zero-order valence-electron chi connectivity index (χ0n) is 10.7. The SMILES string of the molecule is OCC(c1ccc(Br)cc1)C1CC1c1ccccc1. The first-order valence-electron chi connectivity index (χ1n) is 6.71. The number of benzene rings is 2. The first-order valence-corrected chi connectivity index (χ1v) is 7.50. The highest BCUT2D eigenvalue weighted by atomic mass is 79.9. The van der Waals surface area contributed by atoms with Gasteiger partial charge in [-0.25, -0.2) is 0 Å². The molecule has 0 heterocycles. The lowest BCUT2D eigenvalue weighted by Gasteiger charge is -2.15. The van der Waals surface area contributed by atoms with Crippen molar-refractivity contribution in [2.45, 2.75) is 18.3 Å². The summed E-state index contributed by atoms with van der Waals surface area (Å²) in [6.07, 6.45) is 1.19. The lowest BCUT2D eigenvalue weighted by molar-refractivity contribution is 0.251. The van der Waals surface area contributed by atoms with Crippen LogP contribution in [0.15, 0.2) is 59.1 Å². The maximum Gasteiger partial charge on any atom is 0.0502 e. The molecule has 1 nitrogen and oxygen atoms in total. The third-order valence-electron chi connectivity index (χ3n) is 4.08. The summed E-state index contributed by atoms with van der Waals surface area (Å²) in [5.41, 5.74) is 2.65. The van der Waals surface area contributed by atoms with Crippen LogP contribution in [0.3, 0.4) is 0 Å². The molecular formula is C17H17BrO. The van der Waals surface area contributed by atoms with Gasteiger partial charge in [0.1, 0.15) is 0 Å². The van der Waals surface area contributed by atoms with Gasteiger partial charge in [-0.05, 0) is 41.5 Å². The fourth-order valence-electron chi connectivity index (χ4n) is 2.94. The van der Waals surface area contributed by atoms with Crippen molar-refractivity contribution in [2.24, 2.45) is 5.92 Å². The zero-order chi connectivity index (χ0) is 13.2. The van der Waals surface area contributed by atoms with E-state index in [9.17, 15) is 5.11 Å². The van der Waals surface area contributed by atoms with Crippen LogP contribution in [0.1, 0.15) is 29.4 Å². The van der Waals surface area contributed by atoms with E-state index in [0.717, 1.165) is 4.47 Å². The number of aliphatic hydroxyl groups is 1. The van der Waals surface area contributed by atoms with Crippen LogP contribution in [0.4, 0.5) is 0 Å². The second kappa shape index (κ2) is 5.48. The largest absolute Gasteiger partial charge is 0.396 e. The Morgan fingerprint density at radius 2 is 1.74 bits per heavy atom. The first kappa shape index (κ1) is 12.9. The molecule has 0 radical (unpaired) electrons. The number of aliphatic hydroxyl groups excluding tert-OH is 1. The molecule has 98 valence electrons. The van der Waals surface area contributed by atoms with Crippen molar-refractivity contribution in [3.63, 3.8) is 0 Å². The van der Waals surface area contributed by atoms with E-state index in [1.807, 2.05) is 0 Å². The molecule has 3 rings (SSSR count). The lowest BCUT2D eigenvalue weighted by Crippen LogP contribution is -2.07. The van der Waals surface area contributed by atoms with Gasteiger partial charge < -0.3 is 5.11 Å². The molecule has 3 unspecified atom stereocenters. The van der Waals surface area contributed by atoms with Crippen molar-refractivity contribution in [1.29, 1.82) is 0 Å². The predicted molar refractivity (Wildman–Crippen MR) is 81.3 cm³/mol. The average molecular weight is 317 g/mol. The zero-order valence-corrected chi connectivity index (χ0v) is 12.3. The number of hydrogen-bond donors (Lipinski definition) is 1. The van der Waals surface area contributed by atoms with Crippen LogP contribution in [-0.2, 0) is 0 Å². The Bertz CT molecular complexity index is 535. The standard InChI is InChI=1S/C17H17BrO/c18-14-8-6-13(7-9-14)17(11-19)16-10-15(16)12-4-2-1-3-5-12/h1-9,15-17,19H,10-11H2. The van der Waals surface area contributed by atoms with Crippen molar-refractivity contribution in [1.82, 2.24) is 0 Å². The smallest absolute Gasteiger partial charge is 0.0502 e. The molecule has 2 heteroatoms. The summed E-state index contributed by atoms with van der Waals surface area (Å²) in [6, 6.07) is 19.0. The van der Waals surface area contributed by atoms with E-state index >= 15 is 0 Å². The van der Waals surface area contributed by atoms with Gasteiger partial charge in [-0.1, -0.05) is 58.4 Å². The van der Waals surface area contributed by atoms with E-state index in [1.165, 1.54) is 17.5 Å². The summed E-state index contributed by atoms with van der Waals surface area (Å²) in [7, 11) is 0.